The van der Waals surface area contributed by atoms with Crippen molar-refractivity contribution in [3.63, 3.8) is 0 Å². The van der Waals surface area contributed by atoms with E-state index >= 15 is 0 Å². The summed E-state index contributed by atoms with van der Waals surface area (Å²) in [5.74, 6) is 0.0868. The molecule has 0 fully saturated rings. The Balaban J connectivity index is 2.77. The van der Waals surface area contributed by atoms with Crippen LogP contribution in [0, 0.1) is 6.92 Å². The van der Waals surface area contributed by atoms with Gasteiger partial charge in [0, 0.05) is 16.6 Å². The minimum atomic E-state index is 0.0868. The van der Waals surface area contributed by atoms with Crippen molar-refractivity contribution in [2.75, 3.05) is 6.54 Å². The number of hydrogen-bond donors (Lipinski definition) is 1. The first-order valence-corrected chi connectivity index (χ1v) is 5.41. The molecule has 3 heteroatoms. The molecule has 0 aliphatic rings. The van der Waals surface area contributed by atoms with Crippen molar-refractivity contribution in [1.82, 2.24) is 5.32 Å². The molecule has 1 N–H and O–H groups in total. The zero-order chi connectivity index (χ0) is 11.4. The SMILES string of the molecule is Cc1ccc(Cl)cc1C(=O)CNC(C)C. The summed E-state index contributed by atoms with van der Waals surface area (Å²) in [6.07, 6.45) is 0. The van der Waals surface area contributed by atoms with E-state index in [1.54, 1.807) is 12.1 Å². The van der Waals surface area contributed by atoms with Crippen LogP contribution in [0.15, 0.2) is 18.2 Å². The normalized spacial score (nSPS) is 10.7. The van der Waals surface area contributed by atoms with Crippen LogP contribution in [0.5, 0.6) is 0 Å². The standard InChI is InChI=1S/C12H16ClNO/c1-8(2)14-7-12(15)11-6-10(13)5-4-9(11)3/h4-6,8,14H,7H2,1-3H3. The van der Waals surface area contributed by atoms with E-state index in [0.29, 0.717) is 23.2 Å². The van der Waals surface area contributed by atoms with Gasteiger partial charge >= 0.3 is 0 Å². The van der Waals surface area contributed by atoms with E-state index < -0.39 is 0 Å². The van der Waals surface area contributed by atoms with Crippen LogP contribution in [0.25, 0.3) is 0 Å². The summed E-state index contributed by atoms with van der Waals surface area (Å²) in [6, 6.07) is 5.70. The van der Waals surface area contributed by atoms with E-state index in [2.05, 4.69) is 5.32 Å². The average Bonchev–Trinajstić information content (AvgIpc) is 2.18. The molecule has 0 aliphatic heterocycles. The van der Waals surface area contributed by atoms with Gasteiger partial charge < -0.3 is 5.32 Å². The van der Waals surface area contributed by atoms with E-state index in [1.807, 2.05) is 26.8 Å². The number of hydrogen-bond acceptors (Lipinski definition) is 2. The number of carbonyl (C=O) groups excluding carboxylic acids is 1. The zero-order valence-corrected chi connectivity index (χ0v) is 10.1. The Bertz CT molecular complexity index is 361. The number of ketones is 1. The first-order valence-electron chi connectivity index (χ1n) is 5.03. The van der Waals surface area contributed by atoms with Gasteiger partial charge in [0.1, 0.15) is 0 Å². The fourth-order valence-electron chi connectivity index (χ4n) is 1.29. The van der Waals surface area contributed by atoms with Crippen LogP contribution >= 0.6 is 11.6 Å². The lowest BCUT2D eigenvalue weighted by Crippen LogP contribution is -2.29. The molecule has 82 valence electrons. The molecule has 0 aromatic heterocycles. The molecule has 0 heterocycles. The number of carbonyl (C=O) groups is 1. The number of Topliss-reactive ketones (excluding diaryl/α,β-unsaturated/α-hetero) is 1. The third-order valence-corrected chi connectivity index (χ3v) is 2.41. The predicted octanol–water partition coefficient (Wildman–Crippen LogP) is 2.83. The van der Waals surface area contributed by atoms with Gasteiger partial charge in [0.15, 0.2) is 5.78 Å². The van der Waals surface area contributed by atoms with Crippen molar-refractivity contribution < 1.29 is 4.79 Å². The molecule has 0 saturated carbocycles. The minimum Gasteiger partial charge on any atom is -0.307 e. The molecule has 0 aliphatic carbocycles. The Morgan fingerprint density at radius 3 is 2.73 bits per heavy atom. The lowest BCUT2D eigenvalue weighted by Gasteiger charge is -2.09. The molecule has 2 nitrogen and oxygen atoms in total. The third-order valence-electron chi connectivity index (χ3n) is 2.17. The lowest BCUT2D eigenvalue weighted by atomic mass is 10.0. The molecule has 0 spiro atoms. The van der Waals surface area contributed by atoms with E-state index in [4.69, 9.17) is 11.6 Å². The molecule has 1 aromatic carbocycles. The van der Waals surface area contributed by atoms with Crippen molar-refractivity contribution in [1.29, 1.82) is 0 Å². The Kier molecular flexibility index (Phi) is 4.30. The van der Waals surface area contributed by atoms with Crippen LogP contribution in [-0.2, 0) is 0 Å². The molecular weight excluding hydrogens is 210 g/mol. The predicted molar refractivity (Wildman–Crippen MR) is 63.7 cm³/mol. The first-order chi connectivity index (χ1) is 7.00. The molecule has 0 amide bonds. The van der Waals surface area contributed by atoms with Crippen molar-refractivity contribution in [3.8, 4) is 0 Å². The van der Waals surface area contributed by atoms with E-state index in [9.17, 15) is 4.79 Å². The maximum Gasteiger partial charge on any atom is 0.176 e. The monoisotopic (exact) mass is 225 g/mol. The van der Waals surface area contributed by atoms with Gasteiger partial charge in [0.2, 0.25) is 0 Å². The summed E-state index contributed by atoms with van der Waals surface area (Å²) < 4.78 is 0. The quantitative estimate of drug-likeness (QED) is 0.799. The highest BCUT2D eigenvalue weighted by molar-refractivity contribution is 6.31. The van der Waals surface area contributed by atoms with Crippen molar-refractivity contribution >= 4 is 17.4 Å². The summed E-state index contributed by atoms with van der Waals surface area (Å²) in [7, 11) is 0. The van der Waals surface area contributed by atoms with Gasteiger partial charge in [-0.3, -0.25) is 4.79 Å². The highest BCUT2D eigenvalue weighted by Gasteiger charge is 2.09. The summed E-state index contributed by atoms with van der Waals surface area (Å²) in [4.78, 5) is 11.8. The molecule has 0 bridgehead atoms. The van der Waals surface area contributed by atoms with Gasteiger partial charge in [-0.2, -0.15) is 0 Å². The molecule has 1 aromatic rings. The van der Waals surface area contributed by atoms with Crippen LogP contribution in [0.3, 0.4) is 0 Å². The number of rotatable bonds is 4. The topological polar surface area (TPSA) is 29.1 Å². The summed E-state index contributed by atoms with van der Waals surface area (Å²) in [5.41, 5.74) is 1.67. The summed E-state index contributed by atoms with van der Waals surface area (Å²) >= 11 is 5.85. The number of aryl methyl sites for hydroxylation is 1. The van der Waals surface area contributed by atoms with Crippen molar-refractivity contribution in [2.45, 2.75) is 26.8 Å². The molecule has 0 unspecified atom stereocenters. The fourth-order valence-corrected chi connectivity index (χ4v) is 1.46. The van der Waals surface area contributed by atoms with Gasteiger partial charge in [0.05, 0.1) is 6.54 Å². The highest BCUT2D eigenvalue weighted by atomic mass is 35.5. The van der Waals surface area contributed by atoms with Gasteiger partial charge in [-0.1, -0.05) is 31.5 Å². The van der Waals surface area contributed by atoms with E-state index in [1.165, 1.54) is 0 Å². The summed E-state index contributed by atoms with van der Waals surface area (Å²) in [5, 5.41) is 3.70. The zero-order valence-electron chi connectivity index (χ0n) is 9.30. The van der Waals surface area contributed by atoms with Gasteiger partial charge in [-0.15, -0.1) is 0 Å². The van der Waals surface area contributed by atoms with Gasteiger partial charge in [0.25, 0.3) is 0 Å². The van der Waals surface area contributed by atoms with Crippen LogP contribution in [-0.4, -0.2) is 18.4 Å². The van der Waals surface area contributed by atoms with Crippen LogP contribution in [0.1, 0.15) is 29.8 Å². The Hall–Kier alpha value is -0.860. The van der Waals surface area contributed by atoms with Crippen LogP contribution < -0.4 is 5.32 Å². The lowest BCUT2D eigenvalue weighted by molar-refractivity contribution is 0.0988. The second-order valence-electron chi connectivity index (χ2n) is 3.92. The maximum absolute atomic E-state index is 11.8. The number of nitrogens with one attached hydrogen (secondary N) is 1. The molecule has 15 heavy (non-hydrogen) atoms. The first kappa shape index (κ1) is 12.2. The van der Waals surface area contributed by atoms with Crippen molar-refractivity contribution in [3.05, 3.63) is 34.3 Å². The Morgan fingerprint density at radius 1 is 1.47 bits per heavy atom. The highest BCUT2D eigenvalue weighted by Crippen LogP contribution is 2.15. The molecular formula is C12H16ClNO. The molecule has 0 radical (unpaired) electrons. The largest absolute Gasteiger partial charge is 0.307 e. The second kappa shape index (κ2) is 5.29. The molecule has 1 rings (SSSR count). The van der Waals surface area contributed by atoms with Crippen LogP contribution in [0.2, 0.25) is 5.02 Å². The van der Waals surface area contributed by atoms with Gasteiger partial charge in [-0.25, -0.2) is 0 Å². The number of benzene rings is 1. The third kappa shape index (κ3) is 3.65. The van der Waals surface area contributed by atoms with Crippen molar-refractivity contribution in [2.24, 2.45) is 0 Å². The average molecular weight is 226 g/mol. The van der Waals surface area contributed by atoms with E-state index in [0.717, 1.165) is 5.56 Å². The molecule has 0 atom stereocenters. The van der Waals surface area contributed by atoms with Crippen LogP contribution in [0.4, 0.5) is 0 Å². The minimum absolute atomic E-state index is 0.0868. The Morgan fingerprint density at radius 2 is 2.13 bits per heavy atom. The number of halogens is 1. The Labute approximate surface area is 95.6 Å². The second-order valence-corrected chi connectivity index (χ2v) is 4.35. The molecule has 0 saturated heterocycles. The fraction of sp³-hybridized carbons (Fsp3) is 0.417. The maximum atomic E-state index is 11.8. The summed E-state index contributed by atoms with van der Waals surface area (Å²) in [6.45, 7) is 6.30. The van der Waals surface area contributed by atoms with Gasteiger partial charge in [-0.05, 0) is 24.6 Å². The van der Waals surface area contributed by atoms with E-state index in [-0.39, 0.29) is 5.78 Å². The smallest absolute Gasteiger partial charge is 0.176 e.